The molecular formula is C19H16N4O4. The lowest BCUT2D eigenvalue weighted by Crippen LogP contribution is -2.05. The summed E-state index contributed by atoms with van der Waals surface area (Å²) in [6, 6.07) is 14.1. The van der Waals surface area contributed by atoms with Gasteiger partial charge in [-0.05, 0) is 29.8 Å². The van der Waals surface area contributed by atoms with Crippen molar-refractivity contribution in [1.82, 2.24) is 9.97 Å². The summed E-state index contributed by atoms with van der Waals surface area (Å²) >= 11 is 0. The predicted octanol–water partition coefficient (Wildman–Crippen LogP) is 3.26. The zero-order chi connectivity index (χ0) is 18.6. The third kappa shape index (κ3) is 3.74. The molecule has 8 heteroatoms. The SMILES string of the molecule is O=C(O)c1ccccc1Nc1cc(NCc2ccc3c(c2)OCO3)ncn1. The number of anilines is 3. The van der Waals surface area contributed by atoms with E-state index in [1.807, 2.05) is 18.2 Å². The lowest BCUT2D eigenvalue weighted by Gasteiger charge is -2.10. The van der Waals surface area contributed by atoms with Crippen LogP contribution >= 0.6 is 0 Å². The highest BCUT2D eigenvalue weighted by atomic mass is 16.7. The van der Waals surface area contributed by atoms with E-state index in [0.717, 1.165) is 17.1 Å². The quantitative estimate of drug-likeness (QED) is 0.612. The molecule has 3 aromatic rings. The summed E-state index contributed by atoms with van der Waals surface area (Å²) in [7, 11) is 0. The zero-order valence-corrected chi connectivity index (χ0v) is 14.2. The maximum atomic E-state index is 11.3. The Kier molecular flexibility index (Phi) is 4.44. The Morgan fingerprint density at radius 1 is 1.04 bits per heavy atom. The molecule has 0 atom stereocenters. The number of ether oxygens (including phenoxy) is 2. The van der Waals surface area contributed by atoms with Crippen molar-refractivity contribution in [3.63, 3.8) is 0 Å². The van der Waals surface area contributed by atoms with E-state index in [1.165, 1.54) is 12.4 Å². The third-order valence-corrected chi connectivity index (χ3v) is 4.00. The van der Waals surface area contributed by atoms with Crippen molar-refractivity contribution in [3.8, 4) is 11.5 Å². The van der Waals surface area contributed by atoms with Crippen LogP contribution in [0.2, 0.25) is 0 Å². The Labute approximate surface area is 154 Å². The van der Waals surface area contributed by atoms with Crippen molar-refractivity contribution in [3.05, 3.63) is 66.0 Å². The van der Waals surface area contributed by atoms with Gasteiger partial charge in [-0.2, -0.15) is 0 Å². The van der Waals surface area contributed by atoms with E-state index in [-0.39, 0.29) is 12.4 Å². The lowest BCUT2D eigenvalue weighted by molar-refractivity contribution is 0.0698. The molecule has 8 nitrogen and oxygen atoms in total. The van der Waals surface area contributed by atoms with Crippen LogP contribution in [0.4, 0.5) is 17.3 Å². The second-order valence-corrected chi connectivity index (χ2v) is 5.81. The number of carbonyl (C=O) groups is 1. The average molecular weight is 364 g/mol. The number of hydrogen-bond donors (Lipinski definition) is 3. The number of aromatic carboxylic acids is 1. The summed E-state index contributed by atoms with van der Waals surface area (Å²) in [4.78, 5) is 19.7. The summed E-state index contributed by atoms with van der Waals surface area (Å²) in [6.45, 7) is 0.782. The minimum atomic E-state index is -1.01. The molecule has 136 valence electrons. The zero-order valence-electron chi connectivity index (χ0n) is 14.2. The molecular weight excluding hydrogens is 348 g/mol. The number of rotatable bonds is 6. The Morgan fingerprint density at radius 3 is 2.74 bits per heavy atom. The van der Waals surface area contributed by atoms with Crippen molar-refractivity contribution < 1.29 is 19.4 Å². The first-order chi connectivity index (χ1) is 13.2. The number of benzene rings is 2. The molecule has 0 spiro atoms. The highest BCUT2D eigenvalue weighted by Gasteiger charge is 2.13. The molecule has 0 saturated heterocycles. The summed E-state index contributed by atoms with van der Waals surface area (Å²) in [5.74, 6) is 1.56. The van der Waals surface area contributed by atoms with Crippen molar-refractivity contribution >= 4 is 23.3 Å². The van der Waals surface area contributed by atoms with Gasteiger partial charge in [0.1, 0.15) is 18.0 Å². The molecule has 3 N–H and O–H groups in total. The van der Waals surface area contributed by atoms with E-state index in [4.69, 9.17) is 9.47 Å². The summed E-state index contributed by atoms with van der Waals surface area (Å²) in [6.07, 6.45) is 1.41. The number of para-hydroxylation sites is 1. The van der Waals surface area contributed by atoms with Gasteiger partial charge in [0.25, 0.3) is 0 Å². The van der Waals surface area contributed by atoms with Crippen molar-refractivity contribution in [1.29, 1.82) is 0 Å². The molecule has 0 unspecified atom stereocenters. The fraction of sp³-hybridized carbons (Fsp3) is 0.105. The minimum absolute atomic E-state index is 0.172. The highest BCUT2D eigenvalue weighted by Crippen LogP contribution is 2.32. The summed E-state index contributed by atoms with van der Waals surface area (Å²) in [5, 5.41) is 15.5. The number of nitrogens with one attached hydrogen (secondary N) is 2. The van der Waals surface area contributed by atoms with Gasteiger partial charge in [-0.3, -0.25) is 0 Å². The maximum Gasteiger partial charge on any atom is 0.337 e. The van der Waals surface area contributed by atoms with E-state index in [0.29, 0.717) is 23.9 Å². The molecule has 0 aliphatic carbocycles. The molecule has 0 amide bonds. The largest absolute Gasteiger partial charge is 0.478 e. The average Bonchev–Trinajstić information content (AvgIpc) is 3.15. The first kappa shape index (κ1) is 16.6. The van der Waals surface area contributed by atoms with Gasteiger partial charge in [-0.25, -0.2) is 14.8 Å². The predicted molar refractivity (Wildman–Crippen MR) is 98.6 cm³/mol. The standard InChI is InChI=1S/C19H16N4O4/c24-19(25)13-3-1-2-4-14(13)23-18-8-17(21-10-22-18)20-9-12-5-6-15-16(7-12)27-11-26-15/h1-8,10H,9,11H2,(H,24,25)(H2,20,21,22,23). The topological polar surface area (TPSA) is 106 Å². The van der Waals surface area contributed by atoms with Gasteiger partial charge in [0.2, 0.25) is 6.79 Å². The van der Waals surface area contributed by atoms with E-state index < -0.39 is 5.97 Å². The number of carboxylic acids is 1. The molecule has 1 aromatic heterocycles. The molecule has 27 heavy (non-hydrogen) atoms. The van der Waals surface area contributed by atoms with Crippen LogP contribution in [0, 0.1) is 0 Å². The number of carboxylic acid groups (broad SMARTS) is 1. The van der Waals surface area contributed by atoms with Crippen LogP contribution in [0.15, 0.2) is 54.9 Å². The van der Waals surface area contributed by atoms with Gasteiger partial charge < -0.3 is 25.2 Å². The number of aromatic nitrogens is 2. The molecule has 1 aliphatic heterocycles. The fourth-order valence-corrected chi connectivity index (χ4v) is 2.68. The monoisotopic (exact) mass is 364 g/mol. The Balaban J connectivity index is 1.46. The molecule has 2 heterocycles. The van der Waals surface area contributed by atoms with Crippen LogP contribution in [0.1, 0.15) is 15.9 Å². The van der Waals surface area contributed by atoms with Crippen LogP contribution in [0.5, 0.6) is 11.5 Å². The summed E-state index contributed by atoms with van der Waals surface area (Å²) < 4.78 is 10.7. The molecule has 0 radical (unpaired) electrons. The Morgan fingerprint density at radius 2 is 1.85 bits per heavy atom. The molecule has 0 bridgehead atoms. The van der Waals surface area contributed by atoms with Gasteiger partial charge in [-0.15, -0.1) is 0 Å². The second-order valence-electron chi connectivity index (χ2n) is 5.81. The van der Waals surface area contributed by atoms with Gasteiger partial charge in [-0.1, -0.05) is 18.2 Å². The van der Waals surface area contributed by atoms with Gasteiger partial charge in [0, 0.05) is 12.6 Å². The van der Waals surface area contributed by atoms with E-state index in [1.54, 1.807) is 24.3 Å². The van der Waals surface area contributed by atoms with Gasteiger partial charge >= 0.3 is 5.97 Å². The van der Waals surface area contributed by atoms with Crippen molar-refractivity contribution in [2.24, 2.45) is 0 Å². The van der Waals surface area contributed by atoms with Crippen molar-refractivity contribution in [2.45, 2.75) is 6.54 Å². The van der Waals surface area contributed by atoms with Crippen LogP contribution in [0.3, 0.4) is 0 Å². The normalized spacial score (nSPS) is 11.9. The summed E-state index contributed by atoms with van der Waals surface area (Å²) in [5.41, 5.74) is 1.65. The third-order valence-electron chi connectivity index (χ3n) is 4.00. The Hall–Kier alpha value is -3.81. The van der Waals surface area contributed by atoms with E-state index in [9.17, 15) is 9.90 Å². The van der Waals surface area contributed by atoms with Crippen LogP contribution < -0.4 is 20.1 Å². The van der Waals surface area contributed by atoms with Crippen LogP contribution in [-0.4, -0.2) is 27.8 Å². The minimum Gasteiger partial charge on any atom is -0.478 e. The van der Waals surface area contributed by atoms with E-state index >= 15 is 0 Å². The van der Waals surface area contributed by atoms with Crippen LogP contribution in [0.25, 0.3) is 0 Å². The van der Waals surface area contributed by atoms with Gasteiger partial charge in [0.15, 0.2) is 11.5 Å². The maximum absolute atomic E-state index is 11.3. The van der Waals surface area contributed by atoms with Crippen molar-refractivity contribution in [2.75, 3.05) is 17.4 Å². The van der Waals surface area contributed by atoms with Gasteiger partial charge in [0.05, 0.1) is 11.3 Å². The first-order valence-electron chi connectivity index (χ1n) is 8.23. The first-order valence-corrected chi connectivity index (χ1v) is 8.23. The molecule has 0 saturated carbocycles. The van der Waals surface area contributed by atoms with Crippen LogP contribution in [-0.2, 0) is 6.54 Å². The Bertz CT molecular complexity index is 993. The molecule has 2 aromatic carbocycles. The lowest BCUT2D eigenvalue weighted by atomic mass is 10.2. The molecule has 1 aliphatic rings. The smallest absolute Gasteiger partial charge is 0.337 e. The highest BCUT2D eigenvalue weighted by molar-refractivity contribution is 5.95. The molecule has 4 rings (SSSR count). The molecule has 0 fully saturated rings. The second kappa shape index (κ2) is 7.20. The fourth-order valence-electron chi connectivity index (χ4n) is 2.68. The number of hydrogen-bond acceptors (Lipinski definition) is 7. The number of nitrogens with zero attached hydrogens (tertiary/aromatic N) is 2. The number of fused-ring (bicyclic) bond motifs is 1. The van der Waals surface area contributed by atoms with E-state index in [2.05, 4.69) is 20.6 Å².